The van der Waals surface area contributed by atoms with Gasteiger partial charge in [0.15, 0.2) is 0 Å². The van der Waals surface area contributed by atoms with Gasteiger partial charge in [0.1, 0.15) is 10.9 Å². The Bertz CT molecular complexity index is 663. The van der Waals surface area contributed by atoms with Crippen LogP contribution in [-0.2, 0) is 6.54 Å². The Kier molecular flexibility index (Phi) is 3.73. The van der Waals surface area contributed by atoms with Crippen molar-refractivity contribution in [1.82, 2.24) is 0 Å². The Hall–Kier alpha value is -2.46. The third-order valence-corrected chi connectivity index (χ3v) is 3.37. The van der Waals surface area contributed by atoms with Crippen molar-refractivity contribution in [3.05, 3.63) is 56.0 Å². The molecule has 5 nitrogen and oxygen atoms in total. The summed E-state index contributed by atoms with van der Waals surface area (Å²) in [5, 5.41) is 22.2. The van der Waals surface area contributed by atoms with Crippen molar-refractivity contribution in [3.8, 4) is 6.07 Å². The number of anilines is 1. The Morgan fingerprint density at radius 1 is 1.42 bits per heavy atom. The molecule has 0 saturated heterocycles. The van der Waals surface area contributed by atoms with Crippen molar-refractivity contribution < 1.29 is 9.31 Å². The number of nitro groups is 1. The van der Waals surface area contributed by atoms with Gasteiger partial charge in [0.25, 0.3) is 0 Å². The molecule has 0 amide bonds. The van der Waals surface area contributed by atoms with Crippen molar-refractivity contribution in [2.45, 2.75) is 6.54 Å². The van der Waals surface area contributed by atoms with Crippen LogP contribution in [0.1, 0.15) is 9.75 Å². The molecule has 0 bridgehead atoms. The van der Waals surface area contributed by atoms with Crippen LogP contribution < -0.4 is 5.32 Å². The minimum absolute atomic E-state index is 0.426. The van der Waals surface area contributed by atoms with Crippen LogP contribution in [0.3, 0.4) is 0 Å². The fourth-order valence-corrected chi connectivity index (χ4v) is 2.23. The Morgan fingerprint density at radius 3 is 2.84 bits per heavy atom. The van der Waals surface area contributed by atoms with E-state index >= 15 is 0 Å². The molecule has 0 atom stereocenters. The number of rotatable bonds is 4. The van der Waals surface area contributed by atoms with Crippen molar-refractivity contribution in [1.29, 1.82) is 5.26 Å². The van der Waals surface area contributed by atoms with E-state index in [0.717, 1.165) is 17.0 Å². The Morgan fingerprint density at radius 2 is 2.21 bits per heavy atom. The predicted molar refractivity (Wildman–Crippen MR) is 69.4 cm³/mol. The molecule has 0 aliphatic heterocycles. The van der Waals surface area contributed by atoms with Gasteiger partial charge < -0.3 is 5.32 Å². The monoisotopic (exact) mass is 277 g/mol. The standard InChI is InChI=1S/C12H8FN3O2S/c13-11-4-1-8(5-12(11)16(17)18)15-7-10-3-2-9(6-14)19-10/h1-5,15H,7H2. The number of benzene rings is 1. The van der Waals surface area contributed by atoms with Crippen LogP contribution in [0.2, 0.25) is 0 Å². The maximum Gasteiger partial charge on any atom is 0.306 e. The minimum atomic E-state index is -0.863. The van der Waals surface area contributed by atoms with E-state index in [1.54, 1.807) is 12.1 Å². The molecule has 1 heterocycles. The lowest BCUT2D eigenvalue weighted by molar-refractivity contribution is -0.387. The highest BCUT2D eigenvalue weighted by Crippen LogP contribution is 2.23. The van der Waals surface area contributed by atoms with E-state index < -0.39 is 16.4 Å². The quantitative estimate of drug-likeness (QED) is 0.687. The zero-order valence-corrected chi connectivity index (χ0v) is 10.4. The highest BCUT2D eigenvalue weighted by Gasteiger charge is 2.14. The highest BCUT2D eigenvalue weighted by molar-refractivity contribution is 7.12. The zero-order valence-electron chi connectivity index (χ0n) is 9.59. The molecule has 2 rings (SSSR count). The van der Waals surface area contributed by atoms with Gasteiger partial charge in [-0.1, -0.05) is 0 Å². The minimum Gasteiger partial charge on any atom is -0.380 e. The lowest BCUT2D eigenvalue weighted by Crippen LogP contribution is -1.99. The summed E-state index contributed by atoms with van der Waals surface area (Å²) in [6.07, 6.45) is 0. The van der Waals surface area contributed by atoms with Crippen molar-refractivity contribution in [3.63, 3.8) is 0 Å². The molecule has 1 N–H and O–H groups in total. The fourth-order valence-electron chi connectivity index (χ4n) is 1.48. The number of nitrogens with one attached hydrogen (secondary N) is 1. The molecular formula is C12H8FN3O2S. The molecule has 0 aliphatic carbocycles. The summed E-state index contributed by atoms with van der Waals surface area (Å²) in [5.41, 5.74) is -0.103. The predicted octanol–water partition coefficient (Wildman–Crippen LogP) is 3.28. The largest absolute Gasteiger partial charge is 0.380 e. The van der Waals surface area contributed by atoms with Crippen LogP contribution in [0.15, 0.2) is 30.3 Å². The van der Waals surface area contributed by atoms with Crippen LogP contribution >= 0.6 is 11.3 Å². The normalized spacial score (nSPS) is 9.89. The van der Waals surface area contributed by atoms with Gasteiger partial charge in [0.2, 0.25) is 5.82 Å². The van der Waals surface area contributed by atoms with Gasteiger partial charge in [-0.25, -0.2) is 0 Å². The van der Waals surface area contributed by atoms with Gasteiger partial charge in [-0.3, -0.25) is 10.1 Å². The number of halogens is 1. The average Bonchev–Trinajstić information content (AvgIpc) is 2.85. The van der Waals surface area contributed by atoms with Gasteiger partial charge in [0, 0.05) is 23.2 Å². The van der Waals surface area contributed by atoms with Gasteiger partial charge in [-0.2, -0.15) is 9.65 Å². The van der Waals surface area contributed by atoms with Gasteiger partial charge in [0.05, 0.1) is 4.92 Å². The number of nitro benzene ring substituents is 1. The van der Waals surface area contributed by atoms with Crippen LogP contribution in [0.4, 0.5) is 15.8 Å². The van der Waals surface area contributed by atoms with Crippen LogP contribution in [-0.4, -0.2) is 4.92 Å². The third kappa shape index (κ3) is 3.05. The number of hydrogen-bond acceptors (Lipinski definition) is 5. The average molecular weight is 277 g/mol. The molecule has 2 aromatic rings. The lowest BCUT2D eigenvalue weighted by atomic mass is 10.2. The molecule has 7 heteroatoms. The molecule has 19 heavy (non-hydrogen) atoms. The van der Waals surface area contributed by atoms with E-state index in [0.29, 0.717) is 17.1 Å². The summed E-state index contributed by atoms with van der Waals surface area (Å²) in [6.45, 7) is 0.426. The molecule has 96 valence electrons. The first kappa shape index (κ1) is 13.0. The first-order valence-electron chi connectivity index (χ1n) is 5.27. The van der Waals surface area contributed by atoms with Crippen molar-refractivity contribution in [2.75, 3.05) is 5.32 Å². The number of thiophene rings is 1. The molecular weight excluding hydrogens is 269 g/mol. The van der Waals surface area contributed by atoms with E-state index in [2.05, 4.69) is 5.32 Å². The van der Waals surface area contributed by atoms with E-state index in [-0.39, 0.29) is 0 Å². The van der Waals surface area contributed by atoms with E-state index in [1.807, 2.05) is 6.07 Å². The molecule has 1 aromatic carbocycles. The molecule has 0 spiro atoms. The molecule has 0 saturated carbocycles. The first-order chi connectivity index (χ1) is 9.10. The smallest absolute Gasteiger partial charge is 0.306 e. The van der Waals surface area contributed by atoms with E-state index in [4.69, 9.17) is 5.26 Å². The Labute approximate surface area is 112 Å². The summed E-state index contributed by atoms with van der Waals surface area (Å²) < 4.78 is 13.1. The second kappa shape index (κ2) is 5.46. The highest BCUT2D eigenvalue weighted by atomic mass is 32.1. The summed E-state index contributed by atoms with van der Waals surface area (Å²) >= 11 is 1.33. The lowest BCUT2D eigenvalue weighted by Gasteiger charge is -2.04. The summed E-state index contributed by atoms with van der Waals surface area (Å²) in [7, 11) is 0. The van der Waals surface area contributed by atoms with Gasteiger partial charge in [-0.05, 0) is 24.3 Å². The fraction of sp³-hybridized carbons (Fsp3) is 0.0833. The van der Waals surface area contributed by atoms with Crippen molar-refractivity contribution >= 4 is 22.7 Å². The summed E-state index contributed by atoms with van der Waals surface area (Å²) in [6, 6.07) is 9.16. The van der Waals surface area contributed by atoms with E-state index in [9.17, 15) is 14.5 Å². The van der Waals surface area contributed by atoms with Gasteiger partial charge >= 0.3 is 5.69 Å². The van der Waals surface area contributed by atoms with Crippen LogP contribution in [0.25, 0.3) is 0 Å². The molecule has 1 aromatic heterocycles. The third-order valence-electron chi connectivity index (χ3n) is 2.38. The SMILES string of the molecule is N#Cc1ccc(CNc2ccc(F)c([N+](=O)[O-])c2)s1. The maximum absolute atomic E-state index is 13.1. The maximum atomic E-state index is 13.1. The second-order valence-electron chi connectivity index (χ2n) is 3.65. The molecule has 0 aliphatic rings. The summed E-state index contributed by atoms with van der Waals surface area (Å²) in [5.74, 6) is -0.863. The van der Waals surface area contributed by atoms with E-state index in [1.165, 1.54) is 17.4 Å². The molecule has 0 unspecified atom stereocenters. The summed E-state index contributed by atoms with van der Waals surface area (Å²) in [4.78, 5) is 11.3. The molecule has 0 radical (unpaired) electrons. The van der Waals surface area contributed by atoms with Crippen molar-refractivity contribution in [2.24, 2.45) is 0 Å². The van der Waals surface area contributed by atoms with Crippen LogP contribution in [0.5, 0.6) is 0 Å². The van der Waals surface area contributed by atoms with Crippen LogP contribution in [0, 0.1) is 27.3 Å². The number of nitriles is 1. The van der Waals surface area contributed by atoms with Gasteiger partial charge in [-0.15, -0.1) is 11.3 Å². The Balaban J connectivity index is 2.09. The number of hydrogen-bond donors (Lipinski definition) is 1. The topological polar surface area (TPSA) is 79.0 Å². The second-order valence-corrected chi connectivity index (χ2v) is 4.82. The number of nitrogens with zero attached hydrogens (tertiary/aromatic N) is 2. The molecule has 0 fully saturated rings. The zero-order chi connectivity index (χ0) is 13.8. The first-order valence-corrected chi connectivity index (χ1v) is 6.08.